The van der Waals surface area contributed by atoms with Gasteiger partial charge in [-0.05, 0) is 61.1 Å². The highest BCUT2D eigenvalue weighted by molar-refractivity contribution is 5.66. The zero-order valence-corrected chi connectivity index (χ0v) is 16.6. The van der Waals surface area contributed by atoms with Gasteiger partial charge in [0.1, 0.15) is 18.2 Å². The number of nitrogens with zero attached hydrogens (tertiary/aromatic N) is 1. The molecule has 0 saturated heterocycles. The predicted molar refractivity (Wildman–Crippen MR) is 111 cm³/mol. The van der Waals surface area contributed by atoms with E-state index in [1.807, 2.05) is 6.92 Å². The number of benzene rings is 1. The Balaban J connectivity index is 1.61. The minimum Gasteiger partial charge on any atom is -0.487 e. The SMILES string of the molecule is CCN/C(=C\C1CC/C=C(/c2ccc(F)nc2)CNC1)COc1cccc(F)c1. The van der Waals surface area contributed by atoms with Crippen LogP contribution in [-0.4, -0.2) is 31.2 Å². The average molecular weight is 399 g/mol. The Bertz CT molecular complexity index is 849. The van der Waals surface area contributed by atoms with Crippen molar-refractivity contribution in [3.8, 4) is 5.75 Å². The lowest BCUT2D eigenvalue weighted by Gasteiger charge is -2.20. The molecule has 1 unspecified atom stereocenters. The molecule has 1 atom stereocenters. The number of ether oxygens (including phenoxy) is 1. The maximum absolute atomic E-state index is 13.3. The van der Waals surface area contributed by atoms with Gasteiger partial charge in [0, 0.05) is 37.6 Å². The topological polar surface area (TPSA) is 46.2 Å². The largest absolute Gasteiger partial charge is 0.487 e. The van der Waals surface area contributed by atoms with Crippen LogP contribution in [0.15, 0.2) is 60.4 Å². The van der Waals surface area contributed by atoms with Crippen LogP contribution in [0.5, 0.6) is 5.75 Å². The van der Waals surface area contributed by atoms with Crippen LogP contribution in [0.1, 0.15) is 25.3 Å². The van der Waals surface area contributed by atoms with E-state index in [2.05, 4.69) is 27.8 Å². The van der Waals surface area contributed by atoms with Crippen molar-refractivity contribution < 1.29 is 13.5 Å². The fourth-order valence-corrected chi connectivity index (χ4v) is 3.35. The van der Waals surface area contributed by atoms with Gasteiger partial charge < -0.3 is 15.4 Å². The Morgan fingerprint density at radius 1 is 1.31 bits per heavy atom. The molecule has 1 aromatic heterocycles. The molecule has 1 aliphatic heterocycles. The molecule has 3 rings (SSSR count). The molecule has 0 bridgehead atoms. The van der Waals surface area contributed by atoms with Crippen LogP contribution in [0.3, 0.4) is 0 Å². The standard InChI is InChI=1S/C23H27F2N3O/c1-2-27-21(16-29-22-8-4-7-20(24)12-22)11-17-5-3-6-18(14-26-13-17)19-9-10-23(25)28-15-19/h4,6-12,15,17,26-27H,2-3,5,13-14,16H2,1H3/b18-6+,21-11-. The van der Waals surface area contributed by atoms with Crippen LogP contribution >= 0.6 is 0 Å². The molecule has 6 heteroatoms. The first-order valence-electron chi connectivity index (χ1n) is 9.98. The van der Waals surface area contributed by atoms with E-state index in [1.165, 1.54) is 18.2 Å². The lowest BCUT2D eigenvalue weighted by Crippen LogP contribution is -2.27. The molecule has 0 spiro atoms. The van der Waals surface area contributed by atoms with Crippen molar-refractivity contribution in [3.05, 3.63) is 77.8 Å². The molecule has 1 aliphatic rings. The summed E-state index contributed by atoms with van der Waals surface area (Å²) in [5.41, 5.74) is 3.09. The summed E-state index contributed by atoms with van der Waals surface area (Å²) in [6.45, 7) is 4.75. The van der Waals surface area contributed by atoms with E-state index >= 15 is 0 Å². The van der Waals surface area contributed by atoms with Crippen molar-refractivity contribution in [2.24, 2.45) is 5.92 Å². The van der Waals surface area contributed by atoms with Crippen molar-refractivity contribution in [2.75, 3.05) is 26.2 Å². The van der Waals surface area contributed by atoms with E-state index in [4.69, 9.17) is 4.74 Å². The molecule has 4 nitrogen and oxygen atoms in total. The summed E-state index contributed by atoms with van der Waals surface area (Å²) in [5, 5.41) is 6.82. The summed E-state index contributed by atoms with van der Waals surface area (Å²) in [5.74, 6) is 0.101. The van der Waals surface area contributed by atoms with Crippen molar-refractivity contribution >= 4 is 5.57 Å². The van der Waals surface area contributed by atoms with Gasteiger partial charge in [-0.15, -0.1) is 0 Å². The third-order valence-corrected chi connectivity index (χ3v) is 4.78. The van der Waals surface area contributed by atoms with Crippen molar-refractivity contribution in [1.29, 1.82) is 0 Å². The maximum Gasteiger partial charge on any atom is 0.212 e. The van der Waals surface area contributed by atoms with Crippen LogP contribution in [0, 0.1) is 17.7 Å². The highest BCUT2D eigenvalue weighted by Crippen LogP contribution is 2.20. The van der Waals surface area contributed by atoms with E-state index in [-0.39, 0.29) is 5.82 Å². The number of hydrogen-bond donors (Lipinski definition) is 2. The number of rotatable bonds is 7. The molecule has 2 heterocycles. The Hall–Kier alpha value is -2.73. The number of aromatic nitrogens is 1. The maximum atomic E-state index is 13.3. The number of allylic oxidation sites excluding steroid dienone is 1. The molecule has 0 amide bonds. The van der Waals surface area contributed by atoms with Gasteiger partial charge >= 0.3 is 0 Å². The van der Waals surface area contributed by atoms with Crippen LogP contribution < -0.4 is 15.4 Å². The predicted octanol–water partition coefficient (Wildman–Crippen LogP) is 4.32. The molecule has 0 saturated carbocycles. The number of likely N-dealkylation sites (N-methyl/N-ethyl adjacent to an activating group) is 1. The van der Waals surface area contributed by atoms with Crippen molar-refractivity contribution in [1.82, 2.24) is 15.6 Å². The summed E-state index contributed by atoms with van der Waals surface area (Å²) >= 11 is 0. The van der Waals surface area contributed by atoms with Crippen LogP contribution in [0.4, 0.5) is 8.78 Å². The Morgan fingerprint density at radius 3 is 2.97 bits per heavy atom. The molecule has 2 N–H and O–H groups in total. The van der Waals surface area contributed by atoms with Gasteiger partial charge in [-0.2, -0.15) is 4.39 Å². The zero-order valence-electron chi connectivity index (χ0n) is 16.6. The second kappa shape index (κ2) is 10.7. The van der Waals surface area contributed by atoms with Crippen molar-refractivity contribution in [3.63, 3.8) is 0 Å². The summed E-state index contributed by atoms with van der Waals surface area (Å²) in [4.78, 5) is 3.74. The molecular weight excluding hydrogens is 372 g/mol. The Kier molecular flexibility index (Phi) is 7.76. The Morgan fingerprint density at radius 2 is 2.21 bits per heavy atom. The molecule has 0 fully saturated rings. The first-order valence-corrected chi connectivity index (χ1v) is 9.98. The van der Waals surface area contributed by atoms with Crippen LogP contribution in [-0.2, 0) is 0 Å². The summed E-state index contributed by atoms with van der Waals surface area (Å²) in [6, 6.07) is 9.33. The van der Waals surface area contributed by atoms with Crippen molar-refractivity contribution in [2.45, 2.75) is 19.8 Å². The van der Waals surface area contributed by atoms with Gasteiger partial charge in [-0.1, -0.05) is 18.2 Å². The molecular formula is C23H27F2N3O. The van der Waals surface area contributed by atoms with Gasteiger partial charge in [0.05, 0.1) is 0 Å². The molecule has 0 aliphatic carbocycles. The monoisotopic (exact) mass is 399 g/mol. The van der Waals surface area contributed by atoms with Gasteiger partial charge in [-0.3, -0.25) is 0 Å². The number of pyridine rings is 1. The molecule has 1 aromatic carbocycles. The summed E-state index contributed by atoms with van der Waals surface area (Å²) in [6.07, 6.45) is 7.89. The molecule has 154 valence electrons. The number of nitrogens with one attached hydrogen (secondary N) is 2. The van der Waals surface area contributed by atoms with Gasteiger partial charge in [0.2, 0.25) is 5.95 Å². The van der Waals surface area contributed by atoms with Crippen LogP contribution in [0.2, 0.25) is 0 Å². The quantitative estimate of drug-likeness (QED) is 0.681. The van der Waals surface area contributed by atoms with Gasteiger partial charge in [-0.25, -0.2) is 9.37 Å². The lowest BCUT2D eigenvalue weighted by molar-refractivity contribution is 0.338. The van der Waals surface area contributed by atoms with E-state index in [1.54, 1.807) is 24.4 Å². The van der Waals surface area contributed by atoms with Gasteiger partial charge in [0.25, 0.3) is 0 Å². The van der Waals surface area contributed by atoms with Crippen LogP contribution in [0.25, 0.3) is 5.57 Å². The first-order chi connectivity index (χ1) is 14.1. The molecule has 2 aromatic rings. The molecule has 0 radical (unpaired) electrons. The second-order valence-electron chi connectivity index (χ2n) is 7.04. The number of hydrogen-bond acceptors (Lipinski definition) is 4. The van der Waals surface area contributed by atoms with E-state index in [0.717, 1.165) is 42.8 Å². The normalized spacial score (nSPS) is 19.6. The zero-order chi connectivity index (χ0) is 20.5. The fourth-order valence-electron chi connectivity index (χ4n) is 3.35. The number of halogens is 2. The lowest BCUT2D eigenvalue weighted by atomic mass is 9.96. The highest BCUT2D eigenvalue weighted by Gasteiger charge is 2.12. The third-order valence-electron chi connectivity index (χ3n) is 4.78. The molecule has 29 heavy (non-hydrogen) atoms. The summed E-state index contributed by atoms with van der Waals surface area (Å²) < 4.78 is 32.1. The second-order valence-corrected chi connectivity index (χ2v) is 7.04. The highest BCUT2D eigenvalue weighted by atomic mass is 19.1. The third kappa shape index (κ3) is 6.68. The van der Waals surface area contributed by atoms with E-state index in [0.29, 0.717) is 24.8 Å². The smallest absolute Gasteiger partial charge is 0.212 e. The van der Waals surface area contributed by atoms with E-state index in [9.17, 15) is 8.78 Å². The average Bonchev–Trinajstić information content (AvgIpc) is 2.69. The van der Waals surface area contributed by atoms with E-state index < -0.39 is 5.95 Å². The minimum absolute atomic E-state index is 0.306. The summed E-state index contributed by atoms with van der Waals surface area (Å²) in [7, 11) is 0. The first kappa shape index (κ1) is 21.0. The Labute approximate surface area is 170 Å². The minimum atomic E-state index is -0.463. The fraction of sp³-hybridized carbons (Fsp3) is 0.348. The van der Waals surface area contributed by atoms with Gasteiger partial charge in [0.15, 0.2) is 0 Å².